The van der Waals surface area contributed by atoms with E-state index in [1.54, 1.807) is 24.3 Å². The van der Waals surface area contributed by atoms with E-state index in [4.69, 9.17) is 10.5 Å². The maximum atomic E-state index is 13.1. The molecule has 170 valence electrons. The predicted molar refractivity (Wildman–Crippen MR) is 125 cm³/mol. The molecular formula is C26H33N3O3. The van der Waals surface area contributed by atoms with Crippen molar-refractivity contribution in [2.75, 3.05) is 32.7 Å². The third-order valence-electron chi connectivity index (χ3n) is 6.67. The van der Waals surface area contributed by atoms with E-state index in [1.807, 2.05) is 29.2 Å². The molecule has 0 saturated carbocycles. The zero-order valence-corrected chi connectivity index (χ0v) is 18.8. The Balaban J connectivity index is 1.32. The van der Waals surface area contributed by atoms with Gasteiger partial charge in [-0.25, -0.2) is 0 Å². The summed E-state index contributed by atoms with van der Waals surface area (Å²) in [5.74, 6) is 2.29. The van der Waals surface area contributed by atoms with Gasteiger partial charge in [0.2, 0.25) is 5.91 Å². The lowest BCUT2D eigenvalue weighted by molar-refractivity contribution is 0.0622. The van der Waals surface area contributed by atoms with Crippen LogP contribution in [0.25, 0.3) is 0 Å². The first-order chi connectivity index (χ1) is 15.5. The van der Waals surface area contributed by atoms with Crippen LogP contribution in [0.4, 0.5) is 0 Å². The van der Waals surface area contributed by atoms with Gasteiger partial charge in [-0.05, 0) is 99.1 Å². The number of rotatable bonds is 6. The number of ether oxygens (including phenoxy) is 1. The van der Waals surface area contributed by atoms with Crippen LogP contribution in [0.3, 0.4) is 0 Å². The van der Waals surface area contributed by atoms with E-state index in [0.29, 0.717) is 28.5 Å². The molecular weight excluding hydrogens is 402 g/mol. The van der Waals surface area contributed by atoms with Crippen LogP contribution in [0, 0.1) is 11.8 Å². The summed E-state index contributed by atoms with van der Waals surface area (Å²) in [5.41, 5.74) is 6.39. The van der Waals surface area contributed by atoms with Crippen LogP contribution in [0.5, 0.6) is 11.5 Å². The number of piperidine rings is 2. The second-order valence-electron chi connectivity index (χ2n) is 9.26. The van der Waals surface area contributed by atoms with Gasteiger partial charge in [-0.2, -0.15) is 0 Å². The molecule has 0 radical (unpaired) electrons. The average Bonchev–Trinajstić information content (AvgIpc) is 2.81. The molecule has 2 N–H and O–H groups in total. The quantitative estimate of drug-likeness (QED) is 0.739. The molecule has 0 aliphatic carbocycles. The molecule has 2 aromatic rings. The van der Waals surface area contributed by atoms with Crippen molar-refractivity contribution >= 4 is 11.8 Å². The van der Waals surface area contributed by atoms with E-state index in [9.17, 15) is 9.59 Å². The van der Waals surface area contributed by atoms with Crippen LogP contribution in [-0.2, 0) is 0 Å². The highest BCUT2D eigenvalue weighted by Gasteiger charge is 2.27. The molecule has 4 rings (SSSR count). The smallest absolute Gasteiger partial charge is 0.253 e. The van der Waals surface area contributed by atoms with Gasteiger partial charge in [-0.1, -0.05) is 6.92 Å². The van der Waals surface area contributed by atoms with E-state index in [-0.39, 0.29) is 5.91 Å². The van der Waals surface area contributed by atoms with Crippen LogP contribution >= 0.6 is 0 Å². The number of hydrogen-bond donors (Lipinski definition) is 1. The van der Waals surface area contributed by atoms with Crippen LogP contribution < -0.4 is 10.5 Å². The first kappa shape index (κ1) is 22.3. The number of primary amides is 1. The average molecular weight is 436 g/mol. The lowest BCUT2D eigenvalue weighted by Gasteiger charge is -2.38. The molecule has 2 aromatic carbocycles. The number of amides is 2. The molecule has 2 aliphatic rings. The Kier molecular flexibility index (Phi) is 7.10. The number of carbonyl (C=O) groups is 2. The highest BCUT2D eigenvalue weighted by molar-refractivity contribution is 5.94. The predicted octanol–water partition coefficient (Wildman–Crippen LogP) is 4.16. The van der Waals surface area contributed by atoms with Crippen LogP contribution in [-0.4, -0.2) is 54.3 Å². The molecule has 1 unspecified atom stereocenters. The maximum absolute atomic E-state index is 13.1. The Hall–Kier alpha value is -2.86. The highest BCUT2D eigenvalue weighted by atomic mass is 16.5. The molecule has 0 spiro atoms. The van der Waals surface area contributed by atoms with Crippen molar-refractivity contribution in [1.82, 2.24) is 9.80 Å². The SMILES string of the molecule is CC1CCN(CC2CCCN(C(=O)c3ccc(Oc4ccc(C(N)=O)cc4)cc3)C2)CC1. The van der Waals surface area contributed by atoms with Gasteiger partial charge in [-0.15, -0.1) is 0 Å². The van der Waals surface area contributed by atoms with Gasteiger partial charge in [-0.3, -0.25) is 9.59 Å². The van der Waals surface area contributed by atoms with E-state index < -0.39 is 5.91 Å². The summed E-state index contributed by atoms with van der Waals surface area (Å²) in [6, 6.07) is 13.9. The fraction of sp³-hybridized carbons (Fsp3) is 0.462. The molecule has 0 bridgehead atoms. The third kappa shape index (κ3) is 5.68. The third-order valence-corrected chi connectivity index (χ3v) is 6.67. The van der Waals surface area contributed by atoms with Gasteiger partial charge in [0.1, 0.15) is 11.5 Å². The van der Waals surface area contributed by atoms with Crippen LogP contribution in [0.1, 0.15) is 53.3 Å². The Morgan fingerprint density at radius 3 is 2.09 bits per heavy atom. The van der Waals surface area contributed by atoms with E-state index in [0.717, 1.165) is 32.0 Å². The first-order valence-electron chi connectivity index (χ1n) is 11.7. The molecule has 1 atom stereocenters. The van der Waals surface area contributed by atoms with Crippen molar-refractivity contribution < 1.29 is 14.3 Å². The van der Waals surface area contributed by atoms with E-state index >= 15 is 0 Å². The summed E-state index contributed by atoms with van der Waals surface area (Å²) >= 11 is 0. The summed E-state index contributed by atoms with van der Waals surface area (Å²) in [7, 11) is 0. The number of likely N-dealkylation sites (tertiary alicyclic amines) is 2. The van der Waals surface area contributed by atoms with Gasteiger partial charge in [0.15, 0.2) is 0 Å². The summed E-state index contributed by atoms with van der Waals surface area (Å²) in [6.45, 7) is 7.51. The molecule has 6 nitrogen and oxygen atoms in total. The molecule has 32 heavy (non-hydrogen) atoms. The molecule has 2 fully saturated rings. The number of nitrogens with zero attached hydrogens (tertiary/aromatic N) is 2. The molecule has 2 aliphatic heterocycles. The topological polar surface area (TPSA) is 75.9 Å². The summed E-state index contributed by atoms with van der Waals surface area (Å²) in [5, 5.41) is 0. The fourth-order valence-electron chi connectivity index (χ4n) is 4.68. The lowest BCUT2D eigenvalue weighted by atomic mass is 9.94. The van der Waals surface area contributed by atoms with Gasteiger partial charge < -0.3 is 20.3 Å². The zero-order valence-electron chi connectivity index (χ0n) is 18.8. The van der Waals surface area contributed by atoms with Gasteiger partial charge in [0.05, 0.1) is 0 Å². The monoisotopic (exact) mass is 435 g/mol. The van der Waals surface area contributed by atoms with Crippen LogP contribution in [0.15, 0.2) is 48.5 Å². The molecule has 2 saturated heterocycles. The number of benzene rings is 2. The van der Waals surface area contributed by atoms with Crippen molar-refractivity contribution in [2.45, 2.75) is 32.6 Å². The second-order valence-corrected chi connectivity index (χ2v) is 9.26. The molecule has 2 amide bonds. The minimum atomic E-state index is -0.468. The zero-order chi connectivity index (χ0) is 22.5. The maximum Gasteiger partial charge on any atom is 0.253 e. The second kappa shape index (κ2) is 10.2. The van der Waals surface area contributed by atoms with Gasteiger partial charge in [0.25, 0.3) is 5.91 Å². The fourth-order valence-corrected chi connectivity index (χ4v) is 4.68. The molecule has 2 heterocycles. The number of hydrogen-bond acceptors (Lipinski definition) is 4. The van der Waals surface area contributed by atoms with Crippen molar-refractivity contribution in [1.29, 1.82) is 0 Å². The Labute approximate surface area is 190 Å². The highest BCUT2D eigenvalue weighted by Crippen LogP contribution is 2.25. The van der Waals surface area contributed by atoms with E-state index in [1.165, 1.54) is 32.4 Å². The standard InChI is InChI=1S/C26H33N3O3/c1-19-12-15-28(16-13-19)17-20-3-2-14-29(18-20)26(31)22-6-10-24(11-7-22)32-23-8-4-21(5-9-23)25(27)30/h4-11,19-20H,2-3,12-18H2,1H3,(H2,27,30). The van der Waals surface area contributed by atoms with Gasteiger partial charge >= 0.3 is 0 Å². The van der Waals surface area contributed by atoms with Crippen molar-refractivity contribution in [2.24, 2.45) is 17.6 Å². The molecule has 6 heteroatoms. The first-order valence-corrected chi connectivity index (χ1v) is 11.7. The number of carbonyl (C=O) groups excluding carboxylic acids is 2. The summed E-state index contributed by atoms with van der Waals surface area (Å²) < 4.78 is 5.82. The number of nitrogens with two attached hydrogens (primary N) is 1. The minimum Gasteiger partial charge on any atom is -0.457 e. The largest absolute Gasteiger partial charge is 0.457 e. The van der Waals surface area contributed by atoms with Crippen molar-refractivity contribution in [3.63, 3.8) is 0 Å². The Bertz CT molecular complexity index is 918. The normalized spacial score (nSPS) is 20.2. The van der Waals surface area contributed by atoms with Crippen LogP contribution in [0.2, 0.25) is 0 Å². The van der Waals surface area contributed by atoms with Crippen molar-refractivity contribution in [3.05, 3.63) is 59.7 Å². The Morgan fingerprint density at radius 2 is 1.50 bits per heavy atom. The lowest BCUT2D eigenvalue weighted by Crippen LogP contribution is -2.45. The van der Waals surface area contributed by atoms with Gasteiger partial charge in [0, 0.05) is 30.8 Å². The molecule has 0 aromatic heterocycles. The summed E-state index contributed by atoms with van der Waals surface area (Å²) in [4.78, 5) is 28.9. The Morgan fingerprint density at radius 1 is 0.906 bits per heavy atom. The minimum absolute atomic E-state index is 0.0966. The summed E-state index contributed by atoms with van der Waals surface area (Å²) in [6.07, 6.45) is 4.86. The van der Waals surface area contributed by atoms with E-state index in [2.05, 4.69) is 11.8 Å². The van der Waals surface area contributed by atoms with Crippen molar-refractivity contribution in [3.8, 4) is 11.5 Å².